The minimum absolute atomic E-state index is 0.104. The van der Waals surface area contributed by atoms with Crippen LogP contribution in [0.3, 0.4) is 0 Å². The lowest BCUT2D eigenvalue weighted by molar-refractivity contribution is -0.0369. The molecule has 5 nitrogen and oxygen atoms in total. The van der Waals surface area contributed by atoms with E-state index < -0.39 is 0 Å². The highest BCUT2D eigenvalue weighted by molar-refractivity contribution is 5.96. The third kappa shape index (κ3) is 1.83. The molecule has 1 aromatic rings. The van der Waals surface area contributed by atoms with Crippen molar-refractivity contribution in [3.8, 4) is 0 Å². The summed E-state index contributed by atoms with van der Waals surface area (Å²) in [6, 6.07) is 0. The van der Waals surface area contributed by atoms with Gasteiger partial charge in [-0.05, 0) is 56.3 Å². The highest BCUT2D eigenvalue weighted by Gasteiger charge is 2.55. The molecule has 0 aromatic carbocycles. The summed E-state index contributed by atoms with van der Waals surface area (Å²) >= 11 is 0. The van der Waals surface area contributed by atoms with Crippen LogP contribution in [0.4, 0.5) is 0 Å². The van der Waals surface area contributed by atoms with Gasteiger partial charge in [0.05, 0.1) is 0 Å². The maximum atomic E-state index is 12.9. The molecular weight excluding hydrogens is 254 g/mol. The Morgan fingerprint density at radius 1 is 1.15 bits per heavy atom. The third-order valence-corrected chi connectivity index (χ3v) is 5.54. The van der Waals surface area contributed by atoms with Crippen LogP contribution in [-0.2, 0) is 6.42 Å². The number of rotatable bonds is 4. The minimum atomic E-state index is -0.193. The molecule has 0 radical (unpaired) electrons. The lowest BCUT2D eigenvalue weighted by Crippen LogP contribution is -2.50. The van der Waals surface area contributed by atoms with Gasteiger partial charge in [0.2, 0.25) is 11.7 Å². The molecule has 5 heteroatoms. The summed E-state index contributed by atoms with van der Waals surface area (Å²) in [5.74, 6) is 3.05. The summed E-state index contributed by atoms with van der Waals surface area (Å²) in [5, 5.41) is 7.91. The van der Waals surface area contributed by atoms with Crippen LogP contribution in [0.25, 0.3) is 0 Å². The molecule has 4 aliphatic rings. The Hall–Kier alpha value is -1.23. The second kappa shape index (κ2) is 4.38. The summed E-state index contributed by atoms with van der Waals surface area (Å²) in [7, 11) is 0. The van der Waals surface area contributed by atoms with E-state index in [9.17, 15) is 4.79 Å². The number of aromatic nitrogens is 2. The molecule has 0 atom stereocenters. The molecule has 4 bridgehead atoms. The Morgan fingerprint density at radius 2 is 1.75 bits per heavy atom. The van der Waals surface area contributed by atoms with E-state index >= 15 is 0 Å². The fraction of sp³-hybridized carbons (Fsp3) is 0.800. The molecule has 20 heavy (non-hydrogen) atoms. The topological polar surface area (TPSA) is 82.0 Å². The van der Waals surface area contributed by atoms with Crippen molar-refractivity contribution >= 4 is 5.78 Å². The van der Waals surface area contributed by atoms with E-state index in [1.54, 1.807) is 0 Å². The molecule has 5 rings (SSSR count). The maximum Gasteiger partial charge on any atom is 0.284 e. The van der Waals surface area contributed by atoms with Crippen LogP contribution in [0.1, 0.15) is 55.1 Å². The van der Waals surface area contributed by atoms with Crippen LogP contribution < -0.4 is 5.73 Å². The van der Waals surface area contributed by atoms with Crippen LogP contribution in [0.15, 0.2) is 4.42 Å². The summed E-state index contributed by atoms with van der Waals surface area (Å²) in [6.07, 6.45) is 7.63. The average molecular weight is 275 g/mol. The molecule has 0 aliphatic heterocycles. The van der Waals surface area contributed by atoms with Crippen molar-refractivity contribution in [3.63, 3.8) is 0 Å². The zero-order chi connectivity index (χ0) is 13.7. The van der Waals surface area contributed by atoms with E-state index in [2.05, 4.69) is 10.2 Å². The molecule has 0 amide bonds. The third-order valence-electron chi connectivity index (χ3n) is 5.54. The molecule has 1 aromatic heterocycles. The van der Waals surface area contributed by atoms with Gasteiger partial charge in [-0.1, -0.05) is 0 Å². The molecule has 4 aliphatic carbocycles. The van der Waals surface area contributed by atoms with Gasteiger partial charge in [-0.3, -0.25) is 4.79 Å². The Balaban J connectivity index is 1.61. The number of hydrogen-bond donors (Lipinski definition) is 1. The van der Waals surface area contributed by atoms with E-state index in [1.165, 1.54) is 19.3 Å². The quantitative estimate of drug-likeness (QED) is 0.849. The normalized spacial score (nSPS) is 38.4. The van der Waals surface area contributed by atoms with Crippen LogP contribution >= 0.6 is 0 Å². The summed E-state index contributed by atoms with van der Waals surface area (Å²) in [5.41, 5.74) is 5.29. The predicted octanol–water partition coefficient (Wildman–Crippen LogP) is 1.97. The van der Waals surface area contributed by atoms with Gasteiger partial charge in [0.15, 0.2) is 0 Å². The Morgan fingerprint density at radius 3 is 2.30 bits per heavy atom. The highest BCUT2D eigenvalue weighted by atomic mass is 16.4. The summed E-state index contributed by atoms with van der Waals surface area (Å²) in [4.78, 5) is 12.9. The fourth-order valence-electron chi connectivity index (χ4n) is 5.19. The lowest BCUT2D eigenvalue weighted by Gasteiger charge is -2.55. The number of Topliss-reactive ketones (excluding diaryl/α,β-unsaturated/α-hetero) is 1. The average Bonchev–Trinajstić information content (AvgIpc) is 2.85. The van der Waals surface area contributed by atoms with Crippen molar-refractivity contribution in [2.45, 2.75) is 44.9 Å². The number of ketones is 1. The predicted molar refractivity (Wildman–Crippen MR) is 72.0 cm³/mol. The number of carbonyl (C=O) groups excluding carboxylic acids is 1. The van der Waals surface area contributed by atoms with Gasteiger partial charge in [0, 0.05) is 18.4 Å². The standard InChI is InChI=1S/C15H21N3O2/c16-2-1-12-17-18-14(20-12)13(19)15-6-9-3-10(7-15)5-11(4-9)8-15/h9-11H,1-8,16H2. The second-order valence-electron chi connectivity index (χ2n) is 7.07. The first-order valence-corrected chi connectivity index (χ1v) is 7.76. The smallest absolute Gasteiger partial charge is 0.284 e. The first kappa shape index (κ1) is 12.5. The van der Waals surface area contributed by atoms with E-state index in [0.29, 0.717) is 18.9 Å². The SMILES string of the molecule is NCCc1nnc(C(=O)C23CC4CC(CC(C4)C2)C3)o1. The van der Waals surface area contributed by atoms with Gasteiger partial charge in [-0.25, -0.2) is 0 Å². The maximum absolute atomic E-state index is 12.9. The van der Waals surface area contributed by atoms with Crippen molar-refractivity contribution in [2.24, 2.45) is 28.9 Å². The van der Waals surface area contributed by atoms with Gasteiger partial charge in [-0.2, -0.15) is 0 Å². The lowest BCUT2D eigenvalue weighted by atomic mass is 9.48. The summed E-state index contributed by atoms with van der Waals surface area (Å²) < 4.78 is 5.52. The fourth-order valence-corrected chi connectivity index (χ4v) is 5.19. The van der Waals surface area contributed by atoms with Crippen molar-refractivity contribution in [1.29, 1.82) is 0 Å². The van der Waals surface area contributed by atoms with Gasteiger partial charge in [-0.15, -0.1) is 10.2 Å². The van der Waals surface area contributed by atoms with E-state index in [1.807, 2.05) is 0 Å². The number of nitrogens with two attached hydrogens (primary N) is 1. The van der Waals surface area contributed by atoms with Crippen LogP contribution in [-0.4, -0.2) is 22.5 Å². The van der Waals surface area contributed by atoms with Gasteiger partial charge < -0.3 is 10.2 Å². The number of hydrogen-bond acceptors (Lipinski definition) is 5. The van der Waals surface area contributed by atoms with Crippen molar-refractivity contribution in [2.75, 3.05) is 6.54 Å². The minimum Gasteiger partial charge on any atom is -0.418 e. The largest absolute Gasteiger partial charge is 0.418 e. The monoisotopic (exact) mass is 275 g/mol. The molecule has 108 valence electrons. The van der Waals surface area contributed by atoms with Gasteiger partial charge >= 0.3 is 0 Å². The molecule has 1 heterocycles. The van der Waals surface area contributed by atoms with Gasteiger partial charge in [0.1, 0.15) is 0 Å². The zero-order valence-corrected chi connectivity index (χ0v) is 11.7. The Labute approximate surface area is 118 Å². The first-order valence-electron chi connectivity index (χ1n) is 7.76. The first-order chi connectivity index (χ1) is 9.68. The number of nitrogens with zero attached hydrogens (tertiary/aromatic N) is 2. The molecule has 4 saturated carbocycles. The van der Waals surface area contributed by atoms with Gasteiger partial charge in [0.25, 0.3) is 5.89 Å². The molecule has 0 saturated heterocycles. The van der Waals surface area contributed by atoms with Crippen molar-refractivity contribution in [1.82, 2.24) is 10.2 Å². The molecule has 4 fully saturated rings. The molecular formula is C15H21N3O2. The molecule has 2 N–H and O–H groups in total. The second-order valence-corrected chi connectivity index (χ2v) is 7.07. The van der Waals surface area contributed by atoms with Crippen molar-refractivity contribution in [3.05, 3.63) is 11.8 Å². The molecule has 0 spiro atoms. The van der Waals surface area contributed by atoms with E-state index in [-0.39, 0.29) is 17.1 Å². The number of carbonyl (C=O) groups is 1. The van der Waals surface area contributed by atoms with Crippen LogP contribution in [0.2, 0.25) is 0 Å². The van der Waals surface area contributed by atoms with Crippen LogP contribution in [0.5, 0.6) is 0 Å². The molecule has 0 unspecified atom stereocenters. The zero-order valence-electron chi connectivity index (χ0n) is 11.7. The van der Waals surface area contributed by atoms with Crippen molar-refractivity contribution < 1.29 is 9.21 Å². The summed E-state index contributed by atoms with van der Waals surface area (Å²) in [6.45, 7) is 0.465. The Kier molecular flexibility index (Phi) is 2.74. The van der Waals surface area contributed by atoms with E-state index in [0.717, 1.165) is 37.0 Å². The van der Waals surface area contributed by atoms with Crippen LogP contribution in [0, 0.1) is 23.2 Å². The highest BCUT2D eigenvalue weighted by Crippen LogP contribution is 2.60. The Bertz CT molecular complexity index is 502. The van der Waals surface area contributed by atoms with E-state index in [4.69, 9.17) is 10.2 Å².